The summed E-state index contributed by atoms with van der Waals surface area (Å²) in [4.78, 5) is 11.1. The predicted molar refractivity (Wildman–Crippen MR) is 92.9 cm³/mol. The van der Waals surface area contributed by atoms with Crippen LogP contribution in [0, 0.1) is 0 Å². The largest absolute Gasteiger partial charge is 0.513 e. The van der Waals surface area contributed by atoms with E-state index >= 15 is 0 Å². The van der Waals surface area contributed by atoms with Crippen LogP contribution in [0.5, 0.6) is 0 Å². The van der Waals surface area contributed by atoms with Gasteiger partial charge in [-0.3, -0.25) is 0 Å². The minimum Gasteiger partial charge on any atom is -0.434 e. The SMILES string of the molecule is C=C(C)OC(=O)OCCCCCCCCCCCCCCC. The average molecular weight is 312 g/mol. The normalized spacial score (nSPS) is 10.5. The lowest BCUT2D eigenvalue weighted by Crippen LogP contribution is -2.06. The van der Waals surface area contributed by atoms with Crippen LogP contribution in [-0.2, 0) is 9.47 Å². The molecule has 0 aromatic rings. The van der Waals surface area contributed by atoms with E-state index in [0.717, 1.165) is 12.8 Å². The van der Waals surface area contributed by atoms with Gasteiger partial charge in [-0.1, -0.05) is 90.6 Å². The highest BCUT2D eigenvalue weighted by molar-refractivity contribution is 5.61. The molecule has 0 saturated heterocycles. The van der Waals surface area contributed by atoms with E-state index in [1.165, 1.54) is 70.6 Å². The third-order valence-corrected chi connectivity index (χ3v) is 3.73. The average Bonchev–Trinajstić information content (AvgIpc) is 2.47. The minimum absolute atomic E-state index is 0.371. The molecule has 22 heavy (non-hydrogen) atoms. The van der Waals surface area contributed by atoms with Gasteiger partial charge in [0.15, 0.2) is 0 Å². The van der Waals surface area contributed by atoms with Crippen molar-refractivity contribution in [1.82, 2.24) is 0 Å². The van der Waals surface area contributed by atoms with Gasteiger partial charge in [-0.2, -0.15) is 0 Å². The molecule has 0 aromatic heterocycles. The van der Waals surface area contributed by atoms with Gasteiger partial charge >= 0.3 is 6.16 Å². The first-order valence-electron chi connectivity index (χ1n) is 9.17. The van der Waals surface area contributed by atoms with Crippen molar-refractivity contribution in [2.75, 3.05) is 6.61 Å². The number of carbonyl (C=O) groups is 1. The van der Waals surface area contributed by atoms with Gasteiger partial charge in [0.2, 0.25) is 0 Å². The van der Waals surface area contributed by atoms with Gasteiger partial charge in [-0.15, -0.1) is 0 Å². The first kappa shape index (κ1) is 21.0. The second kappa shape index (κ2) is 16.4. The van der Waals surface area contributed by atoms with Gasteiger partial charge in [-0.05, 0) is 13.3 Å². The van der Waals surface area contributed by atoms with Crippen LogP contribution in [-0.4, -0.2) is 12.8 Å². The molecule has 0 bridgehead atoms. The van der Waals surface area contributed by atoms with Crippen LogP contribution in [0.2, 0.25) is 0 Å². The molecule has 0 radical (unpaired) electrons. The zero-order valence-electron chi connectivity index (χ0n) is 14.8. The molecule has 0 fully saturated rings. The third-order valence-electron chi connectivity index (χ3n) is 3.73. The topological polar surface area (TPSA) is 35.5 Å². The Bertz CT molecular complexity index is 274. The lowest BCUT2D eigenvalue weighted by molar-refractivity contribution is 0.0763. The molecule has 0 aliphatic rings. The quantitative estimate of drug-likeness (QED) is 0.190. The number of ether oxygens (including phenoxy) is 2. The van der Waals surface area contributed by atoms with Gasteiger partial charge in [0.05, 0.1) is 6.61 Å². The molecule has 0 heterocycles. The Labute approximate surface area is 137 Å². The van der Waals surface area contributed by atoms with E-state index in [1.54, 1.807) is 6.92 Å². The molecular weight excluding hydrogens is 276 g/mol. The van der Waals surface area contributed by atoms with Crippen LogP contribution in [0.3, 0.4) is 0 Å². The highest BCUT2D eigenvalue weighted by Crippen LogP contribution is 2.12. The Balaban J connectivity index is 3.08. The highest BCUT2D eigenvalue weighted by Gasteiger charge is 2.02. The van der Waals surface area contributed by atoms with E-state index in [0.29, 0.717) is 12.4 Å². The van der Waals surface area contributed by atoms with Gasteiger partial charge in [0.25, 0.3) is 0 Å². The van der Waals surface area contributed by atoms with Crippen LogP contribution in [0.4, 0.5) is 4.79 Å². The van der Waals surface area contributed by atoms with Crippen molar-refractivity contribution in [3.05, 3.63) is 12.3 Å². The van der Waals surface area contributed by atoms with Crippen molar-refractivity contribution in [1.29, 1.82) is 0 Å². The highest BCUT2D eigenvalue weighted by atomic mass is 16.7. The van der Waals surface area contributed by atoms with Gasteiger partial charge in [0.1, 0.15) is 5.76 Å². The second-order valence-electron chi connectivity index (χ2n) is 6.15. The summed E-state index contributed by atoms with van der Waals surface area (Å²) in [6.45, 7) is 7.83. The summed E-state index contributed by atoms with van der Waals surface area (Å²) in [5.41, 5.74) is 0. The smallest absolute Gasteiger partial charge is 0.434 e. The molecule has 3 nitrogen and oxygen atoms in total. The molecule has 3 heteroatoms. The molecule has 0 aliphatic heterocycles. The number of hydrogen-bond acceptors (Lipinski definition) is 3. The van der Waals surface area contributed by atoms with Gasteiger partial charge in [0, 0.05) is 0 Å². The molecule has 0 atom stereocenters. The molecule has 0 aliphatic carbocycles. The zero-order chi connectivity index (χ0) is 16.5. The van der Waals surface area contributed by atoms with Crippen LogP contribution in [0.1, 0.15) is 97.3 Å². The Morgan fingerprint density at radius 2 is 1.18 bits per heavy atom. The predicted octanol–water partition coefficient (Wildman–Crippen LogP) is 6.76. The Kier molecular flexibility index (Phi) is 15.6. The van der Waals surface area contributed by atoms with Crippen molar-refractivity contribution in [3.8, 4) is 0 Å². The second-order valence-corrected chi connectivity index (χ2v) is 6.15. The van der Waals surface area contributed by atoms with Crippen LogP contribution >= 0.6 is 0 Å². The minimum atomic E-state index is -0.633. The van der Waals surface area contributed by atoms with E-state index in [1.807, 2.05) is 0 Å². The molecule has 0 saturated carbocycles. The molecule has 0 amide bonds. The van der Waals surface area contributed by atoms with Crippen molar-refractivity contribution >= 4 is 6.16 Å². The molecule has 0 spiro atoms. The number of unbranched alkanes of at least 4 members (excludes halogenated alkanes) is 12. The van der Waals surface area contributed by atoms with Crippen molar-refractivity contribution in [2.24, 2.45) is 0 Å². The van der Waals surface area contributed by atoms with E-state index in [9.17, 15) is 4.79 Å². The van der Waals surface area contributed by atoms with Crippen LogP contribution in [0.25, 0.3) is 0 Å². The molecule has 0 N–H and O–H groups in total. The number of hydrogen-bond donors (Lipinski definition) is 0. The van der Waals surface area contributed by atoms with Crippen molar-refractivity contribution in [3.63, 3.8) is 0 Å². The lowest BCUT2D eigenvalue weighted by Gasteiger charge is -2.05. The molecule has 130 valence electrons. The fourth-order valence-corrected chi connectivity index (χ4v) is 2.45. The van der Waals surface area contributed by atoms with Gasteiger partial charge in [-0.25, -0.2) is 4.79 Å². The Morgan fingerprint density at radius 1 is 0.773 bits per heavy atom. The number of rotatable bonds is 15. The zero-order valence-corrected chi connectivity index (χ0v) is 14.8. The molecule has 0 rings (SSSR count). The lowest BCUT2D eigenvalue weighted by atomic mass is 10.0. The molecular formula is C19H36O3. The summed E-state index contributed by atoms with van der Waals surface area (Å²) in [6, 6.07) is 0. The Hall–Kier alpha value is -0.990. The summed E-state index contributed by atoms with van der Waals surface area (Å²) in [5.74, 6) is 0.371. The first-order chi connectivity index (χ1) is 10.7. The van der Waals surface area contributed by atoms with E-state index in [4.69, 9.17) is 9.47 Å². The van der Waals surface area contributed by atoms with Crippen LogP contribution in [0.15, 0.2) is 12.3 Å². The van der Waals surface area contributed by atoms with Crippen molar-refractivity contribution in [2.45, 2.75) is 97.3 Å². The van der Waals surface area contributed by atoms with Crippen molar-refractivity contribution < 1.29 is 14.3 Å². The maximum absolute atomic E-state index is 11.1. The maximum atomic E-state index is 11.1. The summed E-state index contributed by atoms with van der Waals surface area (Å²) in [7, 11) is 0. The Morgan fingerprint density at radius 3 is 1.59 bits per heavy atom. The fraction of sp³-hybridized carbons (Fsp3) is 0.842. The number of carbonyl (C=O) groups excluding carboxylic acids is 1. The monoisotopic (exact) mass is 312 g/mol. The standard InChI is InChI=1S/C19H36O3/c1-4-5-6-7-8-9-10-11-12-13-14-15-16-17-21-19(20)22-18(2)3/h2,4-17H2,1,3H3. The summed E-state index contributed by atoms with van der Waals surface area (Å²) in [6.07, 6.45) is 16.4. The first-order valence-corrected chi connectivity index (χ1v) is 9.17. The van der Waals surface area contributed by atoms with E-state index in [2.05, 4.69) is 13.5 Å². The summed E-state index contributed by atoms with van der Waals surface area (Å²) < 4.78 is 9.64. The molecule has 0 aromatic carbocycles. The van der Waals surface area contributed by atoms with Gasteiger partial charge < -0.3 is 9.47 Å². The third kappa shape index (κ3) is 17.1. The summed E-state index contributed by atoms with van der Waals surface area (Å²) in [5, 5.41) is 0. The maximum Gasteiger partial charge on any atom is 0.513 e. The molecule has 0 unspecified atom stereocenters. The fourth-order valence-electron chi connectivity index (χ4n) is 2.45. The summed E-state index contributed by atoms with van der Waals surface area (Å²) >= 11 is 0. The van der Waals surface area contributed by atoms with Crippen LogP contribution < -0.4 is 0 Å². The van der Waals surface area contributed by atoms with E-state index in [-0.39, 0.29) is 0 Å². The van der Waals surface area contributed by atoms with E-state index < -0.39 is 6.16 Å². The number of allylic oxidation sites excluding steroid dienone is 1.